The molecule has 1 heterocycles. The maximum atomic E-state index is 11.2. The molecule has 0 saturated carbocycles. The van der Waals surface area contributed by atoms with Gasteiger partial charge in [-0.15, -0.1) is 0 Å². The van der Waals surface area contributed by atoms with Gasteiger partial charge in [0.25, 0.3) is 5.91 Å². The van der Waals surface area contributed by atoms with Crippen LogP contribution in [-0.4, -0.2) is 31.8 Å². The van der Waals surface area contributed by atoms with Gasteiger partial charge >= 0.3 is 0 Å². The molecule has 6 heteroatoms. The number of amides is 1. The van der Waals surface area contributed by atoms with Crippen LogP contribution in [0.15, 0.2) is 12.1 Å². The van der Waals surface area contributed by atoms with Crippen molar-refractivity contribution in [3.63, 3.8) is 0 Å². The Hall–Kier alpha value is -1.95. The molecular formula is C13H19N3O3. The van der Waals surface area contributed by atoms with Gasteiger partial charge in [0.15, 0.2) is 6.61 Å². The van der Waals surface area contributed by atoms with Crippen molar-refractivity contribution >= 4 is 23.0 Å². The second-order valence-electron chi connectivity index (χ2n) is 4.62. The summed E-state index contributed by atoms with van der Waals surface area (Å²) in [5.74, 6) is 0.437. The topological polar surface area (TPSA) is 85.6 Å². The van der Waals surface area contributed by atoms with Crippen molar-refractivity contribution in [3.05, 3.63) is 12.1 Å². The number of benzene rings is 1. The molecule has 1 aromatic carbocycles. The van der Waals surface area contributed by atoms with Crippen LogP contribution >= 0.6 is 0 Å². The number of nitrogens with two attached hydrogens (primary N) is 1. The van der Waals surface area contributed by atoms with Gasteiger partial charge in [0, 0.05) is 12.6 Å². The molecule has 6 nitrogen and oxygen atoms in total. The minimum Gasteiger partial charge on any atom is -0.482 e. The quantitative estimate of drug-likeness (QED) is 0.554. The third kappa shape index (κ3) is 3.51. The van der Waals surface area contributed by atoms with Gasteiger partial charge in [0.1, 0.15) is 5.75 Å². The highest BCUT2D eigenvalue weighted by Crippen LogP contribution is 2.34. The fourth-order valence-corrected chi connectivity index (χ4v) is 1.78. The molecule has 1 aliphatic rings. The van der Waals surface area contributed by atoms with E-state index in [2.05, 4.69) is 10.6 Å². The second-order valence-corrected chi connectivity index (χ2v) is 4.62. The van der Waals surface area contributed by atoms with Gasteiger partial charge in [-0.1, -0.05) is 0 Å². The number of nitrogen functional groups attached to an aromatic ring is 1. The van der Waals surface area contributed by atoms with Gasteiger partial charge in [-0.05, 0) is 19.9 Å². The van der Waals surface area contributed by atoms with Gasteiger partial charge in [-0.3, -0.25) is 4.79 Å². The summed E-state index contributed by atoms with van der Waals surface area (Å²) >= 11 is 0. The van der Waals surface area contributed by atoms with Gasteiger partial charge in [0.05, 0.1) is 29.8 Å². The zero-order valence-electron chi connectivity index (χ0n) is 11.2. The van der Waals surface area contributed by atoms with Crippen LogP contribution in [0.2, 0.25) is 0 Å². The number of rotatable bonds is 5. The van der Waals surface area contributed by atoms with E-state index in [-0.39, 0.29) is 18.6 Å². The highest BCUT2D eigenvalue weighted by atomic mass is 16.5. The van der Waals surface area contributed by atoms with Crippen molar-refractivity contribution < 1.29 is 14.3 Å². The Bertz CT molecular complexity index is 474. The number of hydrogen-bond donors (Lipinski definition) is 3. The molecule has 2 rings (SSSR count). The lowest BCUT2D eigenvalue weighted by atomic mass is 10.2. The molecular weight excluding hydrogens is 246 g/mol. The van der Waals surface area contributed by atoms with E-state index in [1.54, 1.807) is 12.1 Å². The Morgan fingerprint density at radius 3 is 3.05 bits per heavy atom. The minimum absolute atomic E-state index is 0.0292. The Morgan fingerprint density at radius 1 is 1.53 bits per heavy atom. The van der Waals surface area contributed by atoms with Crippen LogP contribution < -0.4 is 21.1 Å². The molecule has 0 bridgehead atoms. The molecule has 0 saturated heterocycles. The van der Waals surface area contributed by atoms with Gasteiger partial charge in [-0.25, -0.2) is 0 Å². The van der Waals surface area contributed by atoms with Crippen LogP contribution in [0.4, 0.5) is 17.1 Å². The molecule has 1 aromatic rings. The lowest BCUT2D eigenvalue weighted by molar-refractivity contribution is -0.118. The van der Waals surface area contributed by atoms with Crippen molar-refractivity contribution in [1.29, 1.82) is 0 Å². The first kappa shape index (κ1) is 13.5. The summed E-state index contributed by atoms with van der Waals surface area (Å²) in [6, 6.07) is 3.48. The SMILES string of the molecule is CC(C)OCCNc1cc2c(cc1N)OCC(=O)N2. The van der Waals surface area contributed by atoms with Crippen molar-refractivity contribution in [2.75, 3.05) is 36.1 Å². The summed E-state index contributed by atoms with van der Waals surface area (Å²) in [7, 11) is 0. The highest BCUT2D eigenvalue weighted by molar-refractivity contribution is 5.97. The Balaban J connectivity index is 2.01. The zero-order valence-corrected chi connectivity index (χ0v) is 11.2. The van der Waals surface area contributed by atoms with Gasteiger partial charge < -0.3 is 25.8 Å². The molecule has 1 aliphatic heterocycles. The third-order valence-electron chi connectivity index (χ3n) is 2.65. The molecule has 4 N–H and O–H groups in total. The van der Waals surface area contributed by atoms with E-state index in [0.29, 0.717) is 30.3 Å². The van der Waals surface area contributed by atoms with Crippen LogP contribution in [0.5, 0.6) is 5.75 Å². The van der Waals surface area contributed by atoms with Crippen molar-refractivity contribution in [2.45, 2.75) is 20.0 Å². The van der Waals surface area contributed by atoms with E-state index in [1.807, 2.05) is 13.8 Å². The average Bonchev–Trinajstić information content (AvgIpc) is 2.35. The predicted molar refractivity (Wildman–Crippen MR) is 74.6 cm³/mol. The van der Waals surface area contributed by atoms with Gasteiger partial charge in [0.2, 0.25) is 0 Å². The fourth-order valence-electron chi connectivity index (χ4n) is 1.78. The standard InChI is InChI=1S/C13H19N3O3/c1-8(2)18-4-3-15-10-6-11-12(5-9(10)14)19-7-13(17)16-11/h5-6,8,15H,3-4,7,14H2,1-2H3,(H,16,17). The smallest absolute Gasteiger partial charge is 0.262 e. The molecule has 1 amide bonds. The van der Waals surface area contributed by atoms with Crippen LogP contribution in [0.25, 0.3) is 0 Å². The average molecular weight is 265 g/mol. The molecule has 0 fully saturated rings. The van der Waals surface area contributed by atoms with E-state index >= 15 is 0 Å². The molecule has 0 atom stereocenters. The first-order valence-electron chi connectivity index (χ1n) is 6.28. The summed E-state index contributed by atoms with van der Waals surface area (Å²) in [6.07, 6.45) is 0.204. The van der Waals surface area contributed by atoms with Crippen LogP contribution in [0.3, 0.4) is 0 Å². The highest BCUT2D eigenvalue weighted by Gasteiger charge is 2.17. The summed E-state index contributed by atoms with van der Waals surface area (Å²) in [4.78, 5) is 11.2. The number of anilines is 3. The number of fused-ring (bicyclic) bond motifs is 1. The Morgan fingerprint density at radius 2 is 2.32 bits per heavy atom. The zero-order chi connectivity index (χ0) is 13.8. The Labute approximate surface area is 112 Å². The summed E-state index contributed by atoms with van der Waals surface area (Å²) in [6.45, 7) is 5.24. The van der Waals surface area contributed by atoms with E-state index < -0.39 is 0 Å². The maximum absolute atomic E-state index is 11.2. The molecule has 0 spiro atoms. The number of ether oxygens (including phenoxy) is 2. The predicted octanol–water partition coefficient (Wildman–Crippen LogP) is 1.44. The third-order valence-corrected chi connectivity index (χ3v) is 2.65. The minimum atomic E-state index is -0.161. The molecule has 0 radical (unpaired) electrons. The molecule has 0 unspecified atom stereocenters. The Kier molecular flexibility index (Phi) is 4.11. The second kappa shape index (κ2) is 5.79. The summed E-state index contributed by atoms with van der Waals surface area (Å²) in [5.41, 5.74) is 7.91. The number of nitrogens with one attached hydrogen (secondary N) is 2. The number of hydrogen-bond acceptors (Lipinski definition) is 5. The van der Waals surface area contributed by atoms with Crippen LogP contribution in [-0.2, 0) is 9.53 Å². The van der Waals surface area contributed by atoms with Crippen LogP contribution in [0.1, 0.15) is 13.8 Å². The van der Waals surface area contributed by atoms with Crippen molar-refractivity contribution in [2.24, 2.45) is 0 Å². The molecule has 0 aromatic heterocycles. The molecule has 19 heavy (non-hydrogen) atoms. The van der Waals surface area contributed by atoms with E-state index in [0.717, 1.165) is 5.69 Å². The van der Waals surface area contributed by atoms with Crippen molar-refractivity contribution in [1.82, 2.24) is 0 Å². The fraction of sp³-hybridized carbons (Fsp3) is 0.462. The largest absolute Gasteiger partial charge is 0.482 e. The van der Waals surface area contributed by atoms with E-state index in [4.69, 9.17) is 15.2 Å². The normalized spacial score (nSPS) is 13.7. The van der Waals surface area contributed by atoms with Gasteiger partial charge in [-0.2, -0.15) is 0 Å². The molecule has 104 valence electrons. The molecule has 0 aliphatic carbocycles. The van der Waals surface area contributed by atoms with E-state index in [9.17, 15) is 4.79 Å². The lowest BCUT2D eigenvalue weighted by Crippen LogP contribution is -2.25. The van der Waals surface area contributed by atoms with Crippen LogP contribution in [0, 0.1) is 0 Å². The first-order valence-corrected chi connectivity index (χ1v) is 6.28. The monoisotopic (exact) mass is 265 g/mol. The number of carbonyl (C=O) groups is 1. The summed E-state index contributed by atoms with van der Waals surface area (Å²) < 4.78 is 10.7. The number of carbonyl (C=O) groups excluding carboxylic acids is 1. The first-order chi connectivity index (χ1) is 9.06. The van der Waals surface area contributed by atoms with E-state index in [1.165, 1.54) is 0 Å². The maximum Gasteiger partial charge on any atom is 0.262 e. The summed E-state index contributed by atoms with van der Waals surface area (Å²) in [5, 5.41) is 5.92. The lowest BCUT2D eigenvalue weighted by Gasteiger charge is -2.20. The van der Waals surface area contributed by atoms with Crippen molar-refractivity contribution in [3.8, 4) is 5.75 Å².